The predicted molar refractivity (Wildman–Crippen MR) is 106 cm³/mol. The maximum Gasteiger partial charge on any atom is 0.338 e. The Balaban J connectivity index is 1.56. The lowest BCUT2D eigenvalue weighted by Gasteiger charge is -2.16. The summed E-state index contributed by atoms with van der Waals surface area (Å²) in [4.78, 5) is 24.7. The fraction of sp³-hybridized carbons (Fsp3) is 0.333. The molecule has 0 saturated heterocycles. The Labute approximate surface area is 163 Å². The molecule has 28 heavy (non-hydrogen) atoms. The smallest absolute Gasteiger partial charge is 0.338 e. The van der Waals surface area contributed by atoms with Gasteiger partial charge in [0.2, 0.25) is 0 Å². The summed E-state index contributed by atoms with van der Waals surface area (Å²) in [7, 11) is 0. The van der Waals surface area contributed by atoms with Crippen molar-refractivity contribution in [3.05, 3.63) is 59.7 Å². The van der Waals surface area contributed by atoms with Crippen molar-refractivity contribution in [2.75, 3.05) is 6.54 Å². The molecule has 1 aromatic heterocycles. The minimum Gasteiger partial charge on any atom is -0.449 e. The second kappa shape index (κ2) is 8.65. The van der Waals surface area contributed by atoms with E-state index in [-0.39, 0.29) is 11.8 Å². The van der Waals surface area contributed by atoms with Gasteiger partial charge in [-0.3, -0.25) is 4.79 Å². The third-order valence-electron chi connectivity index (χ3n) is 4.65. The Morgan fingerprint density at radius 1 is 1.14 bits per heavy atom. The normalized spacial score (nSPS) is 13.1. The maximum atomic E-state index is 12.4. The van der Waals surface area contributed by atoms with E-state index in [1.54, 1.807) is 29.8 Å². The molecule has 0 spiro atoms. The molecule has 0 aliphatic carbocycles. The van der Waals surface area contributed by atoms with Gasteiger partial charge in [-0.15, -0.1) is 5.10 Å². The molecule has 0 aliphatic heterocycles. The van der Waals surface area contributed by atoms with E-state index in [0.29, 0.717) is 24.2 Å². The van der Waals surface area contributed by atoms with Crippen LogP contribution in [-0.2, 0) is 16.1 Å². The van der Waals surface area contributed by atoms with Crippen molar-refractivity contribution in [1.29, 1.82) is 0 Å². The molecule has 7 nitrogen and oxygen atoms in total. The topological polar surface area (TPSA) is 86.1 Å². The lowest BCUT2D eigenvalue weighted by molar-refractivity contribution is -0.129. The van der Waals surface area contributed by atoms with E-state index in [1.807, 2.05) is 44.2 Å². The number of nitrogens with zero attached hydrogens (tertiary/aromatic N) is 3. The number of aryl methyl sites for hydroxylation is 1. The van der Waals surface area contributed by atoms with Crippen molar-refractivity contribution in [2.45, 2.75) is 39.3 Å². The Morgan fingerprint density at radius 2 is 1.89 bits per heavy atom. The largest absolute Gasteiger partial charge is 0.449 e. The second-order valence-corrected chi connectivity index (χ2v) is 6.71. The molecule has 3 aromatic rings. The molecule has 1 N–H and O–H groups in total. The fourth-order valence-electron chi connectivity index (χ4n) is 2.91. The number of hydrogen-bond acceptors (Lipinski definition) is 5. The van der Waals surface area contributed by atoms with Crippen LogP contribution in [0, 0.1) is 0 Å². The first kappa shape index (κ1) is 19.5. The number of nitrogens with one attached hydrogen (secondary N) is 1. The zero-order valence-corrected chi connectivity index (χ0v) is 16.3. The number of carbonyl (C=O) groups excluding carboxylic acids is 2. The van der Waals surface area contributed by atoms with Gasteiger partial charge in [-0.25, -0.2) is 9.48 Å². The van der Waals surface area contributed by atoms with Crippen LogP contribution in [0.4, 0.5) is 0 Å². The van der Waals surface area contributed by atoms with Crippen LogP contribution in [-0.4, -0.2) is 39.5 Å². The first-order chi connectivity index (χ1) is 13.5. The van der Waals surface area contributed by atoms with Crippen LogP contribution >= 0.6 is 0 Å². The van der Waals surface area contributed by atoms with E-state index in [9.17, 15) is 9.59 Å². The molecule has 146 valence electrons. The highest BCUT2D eigenvalue weighted by molar-refractivity contribution is 5.95. The monoisotopic (exact) mass is 380 g/mol. The SMILES string of the molecule is CCn1nnc2cc(C(=O)O[C@H](C)C(=O)NC[C@H](C)c3ccccc3)ccc21. The summed E-state index contributed by atoms with van der Waals surface area (Å²) < 4.78 is 7.06. The summed E-state index contributed by atoms with van der Waals surface area (Å²) in [5.74, 6) is -0.725. The van der Waals surface area contributed by atoms with Crippen LogP contribution in [0.5, 0.6) is 0 Å². The van der Waals surface area contributed by atoms with E-state index < -0.39 is 12.1 Å². The van der Waals surface area contributed by atoms with Crippen LogP contribution in [0.1, 0.15) is 42.6 Å². The van der Waals surface area contributed by atoms with E-state index in [4.69, 9.17) is 4.74 Å². The molecule has 1 amide bonds. The van der Waals surface area contributed by atoms with E-state index in [2.05, 4.69) is 15.6 Å². The van der Waals surface area contributed by atoms with Crippen molar-refractivity contribution in [2.24, 2.45) is 0 Å². The highest BCUT2D eigenvalue weighted by atomic mass is 16.5. The van der Waals surface area contributed by atoms with Crippen LogP contribution in [0.15, 0.2) is 48.5 Å². The van der Waals surface area contributed by atoms with Crippen molar-refractivity contribution >= 4 is 22.9 Å². The average Bonchev–Trinajstić information content (AvgIpc) is 3.14. The summed E-state index contributed by atoms with van der Waals surface area (Å²) >= 11 is 0. The van der Waals surface area contributed by atoms with Gasteiger partial charge in [0.1, 0.15) is 5.52 Å². The molecule has 2 aromatic carbocycles. The number of carbonyl (C=O) groups is 2. The molecular formula is C21H24N4O3. The van der Waals surface area contributed by atoms with Gasteiger partial charge in [0, 0.05) is 13.1 Å². The van der Waals surface area contributed by atoms with Gasteiger partial charge in [-0.2, -0.15) is 0 Å². The van der Waals surface area contributed by atoms with Crippen molar-refractivity contribution in [3.63, 3.8) is 0 Å². The number of aromatic nitrogens is 3. The molecule has 3 rings (SSSR count). The van der Waals surface area contributed by atoms with Crippen molar-refractivity contribution < 1.29 is 14.3 Å². The molecule has 0 aliphatic rings. The standard InChI is InChI=1S/C21H24N4O3/c1-4-25-19-11-10-17(12-18(19)23-24-25)21(27)28-15(3)20(26)22-13-14(2)16-8-6-5-7-9-16/h5-12,14-15H,4,13H2,1-3H3,(H,22,26)/t14-,15+/m0/s1. The molecule has 7 heteroatoms. The minimum absolute atomic E-state index is 0.164. The van der Waals surface area contributed by atoms with Gasteiger partial charge in [0.25, 0.3) is 5.91 Å². The Kier molecular flexibility index (Phi) is 6.03. The van der Waals surface area contributed by atoms with Crippen LogP contribution in [0.3, 0.4) is 0 Å². The molecule has 1 heterocycles. The number of hydrogen-bond donors (Lipinski definition) is 1. The summed E-state index contributed by atoms with van der Waals surface area (Å²) in [6.45, 7) is 6.72. The Bertz CT molecular complexity index is 968. The first-order valence-corrected chi connectivity index (χ1v) is 9.36. The van der Waals surface area contributed by atoms with Gasteiger partial charge in [-0.05, 0) is 43.5 Å². The second-order valence-electron chi connectivity index (χ2n) is 6.71. The van der Waals surface area contributed by atoms with Crippen LogP contribution in [0.25, 0.3) is 11.0 Å². The van der Waals surface area contributed by atoms with Crippen molar-refractivity contribution in [1.82, 2.24) is 20.3 Å². The zero-order chi connectivity index (χ0) is 20.1. The summed E-state index contributed by atoms with van der Waals surface area (Å²) in [6.07, 6.45) is -0.891. The lowest BCUT2D eigenvalue weighted by Crippen LogP contribution is -2.37. The van der Waals surface area contributed by atoms with Gasteiger partial charge in [-0.1, -0.05) is 42.5 Å². The number of benzene rings is 2. The predicted octanol–water partition coefficient (Wildman–Crippen LogP) is 2.92. The zero-order valence-electron chi connectivity index (χ0n) is 16.3. The van der Waals surface area contributed by atoms with E-state index in [0.717, 1.165) is 11.1 Å². The maximum absolute atomic E-state index is 12.4. The average molecular weight is 380 g/mol. The van der Waals surface area contributed by atoms with Gasteiger partial charge < -0.3 is 10.1 Å². The molecular weight excluding hydrogens is 356 g/mol. The summed E-state index contributed by atoms with van der Waals surface area (Å²) in [6, 6.07) is 15.0. The highest BCUT2D eigenvalue weighted by Gasteiger charge is 2.20. The number of amides is 1. The first-order valence-electron chi connectivity index (χ1n) is 9.36. The molecule has 0 bridgehead atoms. The van der Waals surface area contributed by atoms with Gasteiger partial charge in [0.05, 0.1) is 11.1 Å². The number of ether oxygens (including phenoxy) is 1. The number of fused-ring (bicyclic) bond motifs is 1. The molecule has 2 atom stereocenters. The third-order valence-corrected chi connectivity index (χ3v) is 4.65. The summed E-state index contributed by atoms with van der Waals surface area (Å²) in [5.41, 5.74) is 2.94. The van der Waals surface area contributed by atoms with E-state index >= 15 is 0 Å². The fourth-order valence-corrected chi connectivity index (χ4v) is 2.91. The Hall–Kier alpha value is -3.22. The lowest BCUT2D eigenvalue weighted by atomic mass is 10.0. The quantitative estimate of drug-likeness (QED) is 0.637. The van der Waals surface area contributed by atoms with E-state index in [1.165, 1.54) is 0 Å². The van der Waals surface area contributed by atoms with Gasteiger partial charge in [0.15, 0.2) is 6.10 Å². The molecule has 0 unspecified atom stereocenters. The van der Waals surface area contributed by atoms with Crippen LogP contribution in [0.2, 0.25) is 0 Å². The number of rotatable bonds is 7. The number of esters is 1. The summed E-state index contributed by atoms with van der Waals surface area (Å²) in [5, 5.41) is 10.9. The van der Waals surface area contributed by atoms with Crippen LogP contribution < -0.4 is 5.32 Å². The van der Waals surface area contributed by atoms with Crippen molar-refractivity contribution in [3.8, 4) is 0 Å². The molecule has 0 saturated carbocycles. The molecule has 0 radical (unpaired) electrons. The third kappa shape index (κ3) is 4.36. The molecule has 0 fully saturated rings. The Morgan fingerprint density at radius 3 is 2.61 bits per heavy atom. The highest BCUT2D eigenvalue weighted by Crippen LogP contribution is 2.15. The minimum atomic E-state index is -0.891. The van der Waals surface area contributed by atoms with Gasteiger partial charge >= 0.3 is 5.97 Å².